The highest BCUT2D eigenvalue weighted by Gasteiger charge is 2.15. The van der Waals surface area contributed by atoms with Crippen LogP contribution in [0, 0.1) is 22.7 Å². The van der Waals surface area contributed by atoms with Crippen molar-refractivity contribution in [2.75, 3.05) is 0 Å². The molecule has 0 unspecified atom stereocenters. The molecule has 0 spiro atoms. The summed E-state index contributed by atoms with van der Waals surface area (Å²) >= 11 is 12.7. The average molecular weight is 476 g/mol. The molecule has 33 heavy (non-hydrogen) atoms. The molecule has 1 atom stereocenters. The number of nitrogens with zero attached hydrogens (tertiary/aromatic N) is 2. The fraction of sp³-hybridized carbons (Fsp3) is 0.115. The lowest BCUT2D eigenvalue weighted by Gasteiger charge is -2.14. The maximum Gasteiger partial charge on any atom is 0.262 e. The van der Waals surface area contributed by atoms with Crippen LogP contribution in [0.25, 0.3) is 6.08 Å². The third-order valence-electron chi connectivity index (χ3n) is 4.85. The van der Waals surface area contributed by atoms with Gasteiger partial charge in [-0.15, -0.1) is 0 Å². The quantitative estimate of drug-likeness (QED) is 0.324. The number of ether oxygens (including phenoxy) is 1. The molecule has 0 aliphatic heterocycles. The number of benzene rings is 3. The number of halogens is 2. The van der Waals surface area contributed by atoms with E-state index in [0.29, 0.717) is 16.7 Å². The van der Waals surface area contributed by atoms with E-state index in [4.69, 9.17) is 27.9 Å². The Labute approximate surface area is 202 Å². The fourth-order valence-corrected chi connectivity index (χ4v) is 3.73. The molecule has 1 N–H and O–H groups in total. The molecular formula is C26H19Cl2N3O2. The van der Waals surface area contributed by atoms with E-state index in [1.807, 2.05) is 49.4 Å². The van der Waals surface area contributed by atoms with Crippen molar-refractivity contribution < 1.29 is 9.53 Å². The second-order valence-electron chi connectivity index (χ2n) is 7.15. The zero-order valence-corrected chi connectivity index (χ0v) is 19.2. The minimum absolute atomic E-state index is 0.0819. The average Bonchev–Trinajstić information content (AvgIpc) is 2.82. The number of nitrogens with one attached hydrogen (secondary N) is 1. The third kappa shape index (κ3) is 6.14. The van der Waals surface area contributed by atoms with Gasteiger partial charge in [0.05, 0.1) is 27.7 Å². The van der Waals surface area contributed by atoms with Gasteiger partial charge in [-0.05, 0) is 42.3 Å². The summed E-state index contributed by atoms with van der Waals surface area (Å²) in [5.74, 6) is -0.251. The van der Waals surface area contributed by atoms with E-state index in [2.05, 4.69) is 11.4 Å². The van der Waals surface area contributed by atoms with Crippen molar-refractivity contribution in [3.63, 3.8) is 0 Å². The van der Waals surface area contributed by atoms with E-state index in [1.165, 1.54) is 6.08 Å². The summed E-state index contributed by atoms with van der Waals surface area (Å²) in [5, 5.41) is 22.0. The van der Waals surface area contributed by atoms with E-state index in [-0.39, 0.29) is 34.0 Å². The highest BCUT2D eigenvalue weighted by atomic mass is 35.5. The van der Waals surface area contributed by atoms with Crippen molar-refractivity contribution in [1.82, 2.24) is 5.32 Å². The second kappa shape index (κ2) is 11.2. The SMILES string of the molecule is C[C@@H](NC(=O)/C(C#N)=C\c1cc(Cl)c(OCc2ccccc2C#N)c(Cl)c1)c1ccccc1. The van der Waals surface area contributed by atoms with Crippen molar-refractivity contribution in [2.24, 2.45) is 0 Å². The first-order valence-corrected chi connectivity index (χ1v) is 10.8. The minimum atomic E-state index is -0.505. The normalized spacial score (nSPS) is 11.7. The van der Waals surface area contributed by atoms with Crippen molar-refractivity contribution in [3.8, 4) is 17.9 Å². The molecule has 0 radical (unpaired) electrons. The van der Waals surface area contributed by atoms with E-state index in [9.17, 15) is 15.3 Å². The summed E-state index contributed by atoms with van der Waals surface area (Å²) in [6, 6.07) is 23.4. The van der Waals surface area contributed by atoms with Crippen LogP contribution < -0.4 is 10.1 Å². The number of carbonyl (C=O) groups excluding carboxylic acids is 1. The lowest BCUT2D eigenvalue weighted by molar-refractivity contribution is -0.117. The lowest BCUT2D eigenvalue weighted by atomic mass is 10.1. The van der Waals surface area contributed by atoms with Crippen molar-refractivity contribution >= 4 is 35.2 Å². The number of rotatable bonds is 7. The summed E-state index contributed by atoms with van der Waals surface area (Å²) < 4.78 is 5.75. The van der Waals surface area contributed by atoms with Crippen LogP contribution in [0.3, 0.4) is 0 Å². The zero-order valence-electron chi connectivity index (χ0n) is 17.7. The second-order valence-corrected chi connectivity index (χ2v) is 7.96. The number of hydrogen-bond acceptors (Lipinski definition) is 4. The molecule has 0 bridgehead atoms. The van der Waals surface area contributed by atoms with Gasteiger partial charge in [0.25, 0.3) is 5.91 Å². The zero-order chi connectivity index (χ0) is 23.8. The smallest absolute Gasteiger partial charge is 0.262 e. The Kier molecular flexibility index (Phi) is 8.11. The van der Waals surface area contributed by atoms with Crippen LogP contribution in [0.5, 0.6) is 5.75 Å². The van der Waals surface area contributed by atoms with Crippen LogP contribution in [-0.2, 0) is 11.4 Å². The fourth-order valence-electron chi connectivity index (χ4n) is 3.12. The van der Waals surface area contributed by atoms with Crippen molar-refractivity contribution in [2.45, 2.75) is 19.6 Å². The molecule has 0 aliphatic carbocycles. The highest BCUT2D eigenvalue weighted by molar-refractivity contribution is 6.37. The van der Waals surface area contributed by atoms with Gasteiger partial charge < -0.3 is 10.1 Å². The summed E-state index contributed by atoms with van der Waals surface area (Å²) in [6.45, 7) is 1.95. The molecule has 5 nitrogen and oxygen atoms in total. The van der Waals surface area contributed by atoms with E-state index in [0.717, 1.165) is 5.56 Å². The first-order valence-electron chi connectivity index (χ1n) is 10.0. The molecule has 0 heterocycles. The largest absolute Gasteiger partial charge is 0.486 e. The Bertz CT molecular complexity index is 1250. The Balaban J connectivity index is 1.76. The molecule has 3 aromatic carbocycles. The first-order chi connectivity index (χ1) is 15.9. The molecule has 0 saturated heterocycles. The van der Waals surface area contributed by atoms with Gasteiger partial charge in [0.1, 0.15) is 18.2 Å². The van der Waals surface area contributed by atoms with Crippen LogP contribution in [0.1, 0.15) is 35.2 Å². The Morgan fingerprint density at radius 1 is 1.06 bits per heavy atom. The molecule has 3 aromatic rings. The molecule has 0 saturated carbocycles. The van der Waals surface area contributed by atoms with E-state index < -0.39 is 5.91 Å². The highest BCUT2D eigenvalue weighted by Crippen LogP contribution is 2.35. The van der Waals surface area contributed by atoms with Crippen LogP contribution in [-0.4, -0.2) is 5.91 Å². The predicted octanol–water partition coefficient (Wildman–Crippen LogP) is 6.23. The van der Waals surface area contributed by atoms with E-state index in [1.54, 1.807) is 30.3 Å². The molecule has 3 rings (SSSR count). The molecule has 1 amide bonds. The predicted molar refractivity (Wildman–Crippen MR) is 129 cm³/mol. The minimum Gasteiger partial charge on any atom is -0.486 e. The summed E-state index contributed by atoms with van der Waals surface area (Å²) in [4.78, 5) is 12.6. The van der Waals surface area contributed by atoms with Gasteiger partial charge in [-0.25, -0.2) is 0 Å². The van der Waals surface area contributed by atoms with Crippen LogP contribution in [0.15, 0.2) is 72.3 Å². The Morgan fingerprint density at radius 2 is 1.70 bits per heavy atom. The Hall–Kier alpha value is -3.77. The van der Waals surface area contributed by atoms with Gasteiger partial charge in [-0.1, -0.05) is 71.7 Å². The van der Waals surface area contributed by atoms with Crippen LogP contribution in [0.4, 0.5) is 0 Å². The molecule has 0 aliphatic rings. The number of carbonyl (C=O) groups is 1. The first kappa shape index (κ1) is 23.9. The molecule has 0 aromatic heterocycles. The van der Waals surface area contributed by atoms with Crippen molar-refractivity contribution in [3.05, 3.63) is 105 Å². The monoisotopic (exact) mass is 475 g/mol. The summed E-state index contributed by atoms with van der Waals surface area (Å²) in [5.41, 5.74) is 2.52. The van der Waals surface area contributed by atoms with Gasteiger partial charge in [-0.2, -0.15) is 10.5 Å². The van der Waals surface area contributed by atoms with Crippen LogP contribution >= 0.6 is 23.2 Å². The van der Waals surface area contributed by atoms with Gasteiger partial charge in [-0.3, -0.25) is 4.79 Å². The van der Waals surface area contributed by atoms with Gasteiger partial charge in [0.2, 0.25) is 0 Å². The topological polar surface area (TPSA) is 85.9 Å². The maximum atomic E-state index is 12.6. The van der Waals surface area contributed by atoms with Gasteiger partial charge >= 0.3 is 0 Å². The maximum absolute atomic E-state index is 12.6. The van der Waals surface area contributed by atoms with Crippen LogP contribution in [0.2, 0.25) is 10.0 Å². The molecular weight excluding hydrogens is 457 g/mol. The van der Waals surface area contributed by atoms with Gasteiger partial charge in [0, 0.05) is 5.56 Å². The third-order valence-corrected chi connectivity index (χ3v) is 5.42. The Morgan fingerprint density at radius 3 is 2.33 bits per heavy atom. The number of hydrogen-bond donors (Lipinski definition) is 1. The van der Waals surface area contributed by atoms with Crippen molar-refractivity contribution in [1.29, 1.82) is 10.5 Å². The number of amides is 1. The van der Waals surface area contributed by atoms with Gasteiger partial charge in [0.15, 0.2) is 5.75 Å². The number of nitriles is 2. The van der Waals surface area contributed by atoms with E-state index >= 15 is 0 Å². The molecule has 7 heteroatoms. The summed E-state index contributed by atoms with van der Waals surface area (Å²) in [7, 11) is 0. The molecule has 164 valence electrons. The molecule has 0 fully saturated rings. The standard InChI is InChI=1S/C26H19Cl2N3O2/c1-17(19-7-3-2-4-8-19)31-26(32)22(15-30)11-18-12-23(27)25(24(28)13-18)33-16-21-10-6-5-9-20(21)14-29/h2-13,17H,16H2,1H3,(H,31,32)/b22-11-/t17-/m1/s1. The summed E-state index contributed by atoms with van der Waals surface area (Å²) in [6.07, 6.45) is 1.42. The lowest BCUT2D eigenvalue weighted by Crippen LogP contribution is -2.27.